The summed E-state index contributed by atoms with van der Waals surface area (Å²) < 4.78 is 0. The molecule has 23 heavy (non-hydrogen) atoms. The summed E-state index contributed by atoms with van der Waals surface area (Å²) in [5.74, 6) is 0.176. The van der Waals surface area contributed by atoms with Gasteiger partial charge in [0.25, 0.3) is 0 Å². The minimum atomic E-state index is 0.0792. The number of nitrogens with zero attached hydrogens (tertiary/aromatic N) is 1. The summed E-state index contributed by atoms with van der Waals surface area (Å²) in [6.07, 6.45) is 5.41. The second-order valence-corrected chi connectivity index (χ2v) is 6.84. The molecule has 3 rings (SSSR count). The van der Waals surface area contributed by atoms with Crippen LogP contribution in [0.3, 0.4) is 0 Å². The molecule has 1 aliphatic rings. The molecule has 0 radical (unpaired) electrons. The van der Waals surface area contributed by atoms with Gasteiger partial charge in [-0.05, 0) is 31.9 Å². The summed E-state index contributed by atoms with van der Waals surface area (Å²) >= 11 is 12.1. The van der Waals surface area contributed by atoms with Crippen LogP contribution in [0.5, 0.6) is 0 Å². The summed E-state index contributed by atoms with van der Waals surface area (Å²) in [5, 5.41) is 11.3. The first-order chi connectivity index (χ1) is 11.1. The summed E-state index contributed by atoms with van der Waals surface area (Å²) in [4.78, 5) is 12.5. The number of anilines is 1. The topological polar surface area (TPSA) is 57.8 Å². The van der Waals surface area contributed by atoms with Crippen LogP contribution in [0.1, 0.15) is 37.8 Å². The van der Waals surface area contributed by atoms with Gasteiger partial charge in [0.05, 0.1) is 21.4 Å². The van der Waals surface area contributed by atoms with Gasteiger partial charge in [-0.15, -0.1) is 0 Å². The van der Waals surface area contributed by atoms with Crippen molar-refractivity contribution in [1.29, 1.82) is 0 Å². The van der Waals surface area contributed by atoms with E-state index in [2.05, 4.69) is 15.5 Å². The highest BCUT2D eigenvalue weighted by atomic mass is 35.5. The first kappa shape index (κ1) is 16.3. The average Bonchev–Trinajstić information content (AvgIpc) is 2.92. The second-order valence-electron chi connectivity index (χ2n) is 6.03. The Morgan fingerprint density at radius 1 is 1.22 bits per heavy atom. The van der Waals surface area contributed by atoms with Crippen molar-refractivity contribution in [2.75, 3.05) is 5.32 Å². The fourth-order valence-electron chi connectivity index (χ4n) is 3.02. The lowest BCUT2D eigenvalue weighted by Gasteiger charge is -2.21. The van der Waals surface area contributed by atoms with Crippen molar-refractivity contribution < 1.29 is 4.79 Å². The molecule has 1 aliphatic carbocycles. The Hall–Kier alpha value is -1.52. The quantitative estimate of drug-likeness (QED) is 0.797. The van der Waals surface area contributed by atoms with Crippen LogP contribution in [0, 0.1) is 12.8 Å². The number of hydrogen-bond donors (Lipinski definition) is 2. The lowest BCUT2D eigenvalue weighted by molar-refractivity contribution is -0.120. The van der Waals surface area contributed by atoms with Crippen LogP contribution >= 0.6 is 23.2 Å². The van der Waals surface area contributed by atoms with Crippen LogP contribution in [-0.2, 0) is 4.79 Å². The molecule has 1 saturated carbocycles. The first-order valence-corrected chi connectivity index (χ1v) is 8.63. The number of carbonyl (C=O) groups is 1. The molecule has 122 valence electrons. The number of aromatic amines is 1. The van der Waals surface area contributed by atoms with Crippen molar-refractivity contribution in [1.82, 2.24) is 10.2 Å². The number of hydrogen-bond acceptors (Lipinski definition) is 2. The minimum absolute atomic E-state index is 0.0792. The van der Waals surface area contributed by atoms with Crippen LogP contribution in [0.25, 0.3) is 11.3 Å². The van der Waals surface area contributed by atoms with E-state index in [0.717, 1.165) is 42.6 Å². The van der Waals surface area contributed by atoms with E-state index < -0.39 is 0 Å². The summed E-state index contributed by atoms with van der Waals surface area (Å²) in [7, 11) is 0. The zero-order valence-corrected chi connectivity index (χ0v) is 14.5. The van der Waals surface area contributed by atoms with Gasteiger partial charge in [-0.1, -0.05) is 48.5 Å². The van der Waals surface area contributed by atoms with Gasteiger partial charge < -0.3 is 5.32 Å². The molecule has 2 N–H and O–H groups in total. The van der Waals surface area contributed by atoms with E-state index in [-0.39, 0.29) is 11.8 Å². The van der Waals surface area contributed by atoms with Gasteiger partial charge in [0, 0.05) is 11.5 Å². The number of aromatic nitrogens is 2. The van der Waals surface area contributed by atoms with Crippen LogP contribution < -0.4 is 5.32 Å². The fourth-order valence-corrected chi connectivity index (χ4v) is 3.32. The lowest BCUT2D eigenvalue weighted by atomic mass is 9.88. The second kappa shape index (κ2) is 6.93. The number of carbonyl (C=O) groups excluding carboxylic acids is 1. The maximum absolute atomic E-state index is 12.5. The minimum Gasteiger partial charge on any atom is -0.322 e. The molecule has 0 bridgehead atoms. The fraction of sp³-hybridized carbons (Fsp3) is 0.412. The highest BCUT2D eigenvalue weighted by Crippen LogP contribution is 2.34. The Bertz CT molecular complexity index is 721. The molecule has 0 saturated heterocycles. The van der Waals surface area contributed by atoms with E-state index in [1.165, 1.54) is 6.42 Å². The third-order valence-corrected chi connectivity index (χ3v) is 5.10. The molecule has 1 heterocycles. The molecule has 1 amide bonds. The summed E-state index contributed by atoms with van der Waals surface area (Å²) in [6.45, 7) is 1.89. The van der Waals surface area contributed by atoms with Crippen molar-refractivity contribution in [2.45, 2.75) is 39.0 Å². The van der Waals surface area contributed by atoms with Crippen LogP contribution in [0.15, 0.2) is 18.2 Å². The number of H-pyrrole nitrogens is 1. The highest BCUT2D eigenvalue weighted by molar-refractivity contribution is 6.42. The Morgan fingerprint density at radius 3 is 2.65 bits per heavy atom. The molecule has 0 spiro atoms. The smallest absolute Gasteiger partial charge is 0.227 e. The monoisotopic (exact) mass is 351 g/mol. The Balaban J connectivity index is 1.86. The van der Waals surface area contributed by atoms with E-state index in [0.29, 0.717) is 15.7 Å². The molecule has 1 fully saturated rings. The van der Waals surface area contributed by atoms with Crippen molar-refractivity contribution in [3.8, 4) is 11.3 Å². The number of nitrogens with one attached hydrogen (secondary N) is 2. The van der Waals surface area contributed by atoms with Gasteiger partial charge in [0.1, 0.15) is 5.69 Å². The van der Waals surface area contributed by atoms with Gasteiger partial charge >= 0.3 is 0 Å². The van der Waals surface area contributed by atoms with Gasteiger partial charge in [-0.2, -0.15) is 5.10 Å². The van der Waals surface area contributed by atoms with Crippen molar-refractivity contribution >= 4 is 34.8 Å². The van der Waals surface area contributed by atoms with Gasteiger partial charge in [0.15, 0.2) is 0 Å². The van der Waals surface area contributed by atoms with E-state index in [4.69, 9.17) is 23.2 Å². The Morgan fingerprint density at radius 2 is 1.96 bits per heavy atom. The van der Waals surface area contributed by atoms with Crippen molar-refractivity contribution in [2.24, 2.45) is 5.92 Å². The number of aryl methyl sites for hydroxylation is 1. The third-order valence-electron chi connectivity index (χ3n) is 4.36. The molecule has 4 nitrogen and oxygen atoms in total. The largest absolute Gasteiger partial charge is 0.322 e. The van der Waals surface area contributed by atoms with Crippen LogP contribution in [-0.4, -0.2) is 16.1 Å². The van der Waals surface area contributed by atoms with Crippen LogP contribution in [0.4, 0.5) is 5.69 Å². The van der Waals surface area contributed by atoms with Crippen LogP contribution in [0.2, 0.25) is 10.0 Å². The predicted octanol–water partition coefficient (Wildman–Crippen LogP) is 5.21. The highest BCUT2D eigenvalue weighted by Gasteiger charge is 2.23. The molecule has 0 aliphatic heterocycles. The Kier molecular flexibility index (Phi) is 4.93. The van der Waals surface area contributed by atoms with Crippen molar-refractivity contribution in [3.05, 3.63) is 33.9 Å². The molecule has 2 aromatic rings. The van der Waals surface area contributed by atoms with E-state index in [1.807, 2.05) is 13.0 Å². The maximum atomic E-state index is 12.5. The molecular formula is C17H19Cl2N3O. The zero-order chi connectivity index (χ0) is 16.4. The van der Waals surface area contributed by atoms with Gasteiger partial charge in [-0.25, -0.2) is 0 Å². The average molecular weight is 352 g/mol. The predicted molar refractivity (Wildman–Crippen MR) is 94.0 cm³/mol. The normalized spacial score (nSPS) is 15.6. The standard InChI is InChI=1S/C17H19Cl2N3O/c1-10-15(20-17(23)11-5-3-2-4-6-11)16(22-21-10)12-7-8-13(18)14(19)9-12/h7-9,11H,2-6H2,1H3,(H,20,23)(H,21,22). The van der Waals surface area contributed by atoms with Gasteiger partial charge in [0.2, 0.25) is 5.91 Å². The van der Waals surface area contributed by atoms with Gasteiger partial charge in [-0.3, -0.25) is 9.89 Å². The third kappa shape index (κ3) is 3.54. The molecular weight excluding hydrogens is 333 g/mol. The molecule has 0 unspecified atom stereocenters. The van der Waals surface area contributed by atoms with E-state index >= 15 is 0 Å². The maximum Gasteiger partial charge on any atom is 0.227 e. The SMILES string of the molecule is Cc1[nH]nc(-c2ccc(Cl)c(Cl)c2)c1NC(=O)C1CCCCC1. The number of rotatable bonds is 3. The van der Waals surface area contributed by atoms with Crippen molar-refractivity contribution in [3.63, 3.8) is 0 Å². The lowest BCUT2D eigenvalue weighted by Crippen LogP contribution is -2.25. The number of benzene rings is 1. The molecule has 0 atom stereocenters. The van der Waals surface area contributed by atoms with E-state index in [9.17, 15) is 4.79 Å². The molecule has 1 aromatic heterocycles. The Labute approximate surface area is 145 Å². The molecule has 6 heteroatoms. The first-order valence-electron chi connectivity index (χ1n) is 7.87. The zero-order valence-electron chi connectivity index (χ0n) is 13.0. The number of amides is 1. The molecule has 1 aromatic carbocycles. The number of halogens is 2. The van der Waals surface area contributed by atoms with E-state index in [1.54, 1.807) is 12.1 Å². The summed E-state index contributed by atoms with van der Waals surface area (Å²) in [5.41, 5.74) is 3.06. The summed E-state index contributed by atoms with van der Waals surface area (Å²) in [6, 6.07) is 5.34.